The Balaban J connectivity index is 3.02. The van der Waals surface area contributed by atoms with Crippen molar-refractivity contribution in [1.29, 1.82) is 0 Å². The molecule has 0 aromatic heterocycles. The zero-order chi connectivity index (χ0) is 11.4. The third kappa shape index (κ3) is 2.68. The van der Waals surface area contributed by atoms with Gasteiger partial charge in [-0.25, -0.2) is 22.4 Å². The van der Waals surface area contributed by atoms with Gasteiger partial charge in [-0.2, -0.15) is 0 Å². The minimum Gasteiger partial charge on any atom is -0.452 e. The third-order valence-electron chi connectivity index (χ3n) is 1.65. The molecule has 1 radical (unpaired) electrons. The van der Waals surface area contributed by atoms with Gasteiger partial charge in [0.15, 0.2) is 0 Å². The number of alkyl halides is 2. The molecule has 0 aliphatic heterocycles. The summed E-state index contributed by atoms with van der Waals surface area (Å²) >= 11 is 0. The molecule has 6 heteroatoms. The average Bonchev–Trinajstić information content (AvgIpc) is 2.12. The predicted octanol–water partition coefficient (Wildman–Crippen LogP) is 2.49. The predicted molar refractivity (Wildman–Crippen MR) is 41.8 cm³/mol. The number of halogens is 4. The summed E-state index contributed by atoms with van der Waals surface area (Å²) in [5.74, 6) is -2.73. The second-order valence-electron chi connectivity index (χ2n) is 2.65. The SMILES string of the molecule is O=[C]OCc1cc(F)c(C(F)F)c(F)c1. The first-order chi connectivity index (χ1) is 7.06. The quantitative estimate of drug-likeness (QED) is 0.730. The first-order valence-electron chi connectivity index (χ1n) is 3.81. The molecule has 0 amide bonds. The van der Waals surface area contributed by atoms with E-state index in [0.29, 0.717) is 12.1 Å². The van der Waals surface area contributed by atoms with E-state index in [4.69, 9.17) is 0 Å². The van der Waals surface area contributed by atoms with Crippen molar-refractivity contribution in [2.75, 3.05) is 0 Å². The van der Waals surface area contributed by atoms with Crippen LogP contribution in [-0.4, -0.2) is 6.47 Å². The second kappa shape index (κ2) is 4.77. The van der Waals surface area contributed by atoms with Crippen LogP contribution in [0.4, 0.5) is 17.6 Å². The number of benzene rings is 1. The molecule has 0 saturated heterocycles. The molecule has 15 heavy (non-hydrogen) atoms. The minimum atomic E-state index is -3.22. The molecule has 2 nitrogen and oxygen atoms in total. The van der Waals surface area contributed by atoms with Crippen LogP contribution in [0, 0.1) is 11.6 Å². The Morgan fingerprint density at radius 3 is 2.20 bits per heavy atom. The van der Waals surface area contributed by atoms with Crippen LogP contribution in [0.1, 0.15) is 17.6 Å². The Morgan fingerprint density at radius 2 is 1.80 bits per heavy atom. The molecule has 0 atom stereocenters. The lowest BCUT2D eigenvalue weighted by atomic mass is 10.1. The number of hydrogen-bond donors (Lipinski definition) is 0. The van der Waals surface area contributed by atoms with E-state index in [1.807, 2.05) is 0 Å². The lowest BCUT2D eigenvalue weighted by Crippen LogP contribution is -2.00. The van der Waals surface area contributed by atoms with Crippen molar-refractivity contribution in [3.8, 4) is 0 Å². The van der Waals surface area contributed by atoms with E-state index in [1.54, 1.807) is 0 Å². The summed E-state index contributed by atoms with van der Waals surface area (Å²) in [6, 6.07) is 1.36. The zero-order valence-corrected chi connectivity index (χ0v) is 7.27. The van der Waals surface area contributed by atoms with Crippen LogP contribution in [0.25, 0.3) is 0 Å². The van der Waals surface area contributed by atoms with E-state index < -0.39 is 30.2 Å². The van der Waals surface area contributed by atoms with Crippen LogP contribution in [0.15, 0.2) is 12.1 Å². The topological polar surface area (TPSA) is 26.3 Å². The normalized spacial score (nSPS) is 10.5. The number of hydrogen-bond acceptors (Lipinski definition) is 2. The van der Waals surface area contributed by atoms with Crippen molar-refractivity contribution >= 4 is 6.47 Å². The van der Waals surface area contributed by atoms with Gasteiger partial charge in [0.2, 0.25) is 0 Å². The Bertz CT molecular complexity index is 342. The summed E-state index contributed by atoms with van der Waals surface area (Å²) in [7, 11) is 0. The van der Waals surface area contributed by atoms with E-state index in [9.17, 15) is 22.4 Å². The highest BCUT2D eigenvalue weighted by Crippen LogP contribution is 2.26. The van der Waals surface area contributed by atoms with E-state index in [-0.39, 0.29) is 5.56 Å². The van der Waals surface area contributed by atoms with E-state index in [2.05, 4.69) is 4.74 Å². The molecule has 0 N–H and O–H groups in total. The van der Waals surface area contributed by atoms with Crippen LogP contribution in [-0.2, 0) is 16.1 Å². The molecule has 0 bridgehead atoms. The smallest absolute Gasteiger partial charge is 0.417 e. The monoisotopic (exact) mass is 221 g/mol. The van der Waals surface area contributed by atoms with Crippen molar-refractivity contribution in [2.45, 2.75) is 13.0 Å². The fourth-order valence-electron chi connectivity index (χ4n) is 1.04. The van der Waals surface area contributed by atoms with E-state index in [0.717, 1.165) is 6.47 Å². The Morgan fingerprint density at radius 1 is 1.27 bits per heavy atom. The van der Waals surface area contributed by atoms with Crippen molar-refractivity contribution in [2.24, 2.45) is 0 Å². The molecule has 0 aliphatic carbocycles. The third-order valence-corrected chi connectivity index (χ3v) is 1.65. The van der Waals surface area contributed by atoms with Gasteiger partial charge < -0.3 is 4.74 Å². The molecular weight excluding hydrogens is 216 g/mol. The van der Waals surface area contributed by atoms with Crippen molar-refractivity contribution in [3.05, 3.63) is 34.9 Å². The molecule has 0 heterocycles. The summed E-state index contributed by atoms with van der Waals surface area (Å²) in [6.07, 6.45) is -3.22. The van der Waals surface area contributed by atoms with Crippen molar-refractivity contribution in [3.63, 3.8) is 0 Å². The number of ether oxygens (including phenoxy) is 1. The fraction of sp³-hybridized carbons (Fsp3) is 0.222. The van der Waals surface area contributed by atoms with Crippen LogP contribution in [0.3, 0.4) is 0 Å². The minimum absolute atomic E-state index is 0.0576. The fourth-order valence-corrected chi connectivity index (χ4v) is 1.04. The molecule has 81 valence electrons. The maximum atomic E-state index is 12.9. The molecule has 0 unspecified atom stereocenters. The lowest BCUT2D eigenvalue weighted by Gasteiger charge is -2.06. The second-order valence-corrected chi connectivity index (χ2v) is 2.65. The highest BCUT2D eigenvalue weighted by molar-refractivity contribution is 5.38. The summed E-state index contributed by atoms with van der Waals surface area (Å²) in [4.78, 5) is 9.67. The molecular formula is C9H5F4O2. The Hall–Kier alpha value is -1.59. The van der Waals surface area contributed by atoms with E-state index in [1.165, 1.54) is 0 Å². The maximum absolute atomic E-state index is 12.9. The van der Waals surface area contributed by atoms with Gasteiger partial charge in [0, 0.05) is 0 Å². The molecule has 0 saturated carbocycles. The highest BCUT2D eigenvalue weighted by Gasteiger charge is 2.19. The first kappa shape index (κ1) is 11.5. The van der Waals surface area contributed by atoms with Gasteiger partial charge in [-0.05, 0) is 17.7 Å². The van der Waals surface area contributed by atoms with Crippen LogP contribution >= 0.6 is 0 Å². The number of carbonyl (C=O) groups excluding carboxylic acids is 1. The summed E-state index contributed by atoms with van der Waals surface area (Å²) in [5, 5.41) is 0. The van der Waals surface area contributed by atoms with Gasteiger partial charge in [0.1, 0.15) is 18.2 Å². The van der Waals surface area contributed by atoms with Gasteiger partial charge in [-0.3, -0.25) is 0 Å². The van der Waals surface area contributed by atoms with Crippen molar-refractivity contribution in [1.82, 2.24) is 0 Å². The molecule has 0 aliphatic rings. The summed E-state index contributed by atoms with van der Waals surface area (Å²) in [5.41, 5.74) is -1.34. The van der Waals surface area contributed by atoms with Gasteiger partial charge in [0.05, 0.1) is 5.56 Å². The Labute approximate surface area is 82.5 Å². The van der Waals surface area contributed by atoms with Crippen LogP contribution in [0.2, 0.25) is 0 Å². The van der Waals surface area contributed by atoms with Crippen LogP contribution in [0.5, 0.6) is 0 Å². The highest BCUT2D eigenvalue weighted by atomic mass is 19.3. The maximum Gasteiger partial charge on any atom is 0.417 e. The van der Waals surface area contributed by atoms with Gasteiger partial charge >= 0.3 is 6.47 Å². The molecule has 1 aromatic rings. The van der Waals surface area contributed by atoms with E-state index >= 15 is 0 Å². The van der Waals surface area contributed by atoms with Crippen molar-refractivity contribution < 1.29 is 27.1 Å². The van der Waals surface area contributed by atoms with Gasteiger partial charge in [-0.1, -0.05) is 0 Å². The standard InChI is InChI=1S/C9H5F4O2/c10-6-1-5(3-15-4-14)2-7(11)8(6)9(12)13/h1-2,9H,3H2. The van der Waals surface area contributed by atoms with Gasteiger partial charge in [-0.15, -0.1) is 0 Å². The van der Waals surface area contributed by atoms with Gasteiger partial charge in [0.25, 0.3) is 6.43 Å². The zero-order valence-electron chi connectivity index (χ0n) is 7.27. The lowest BCUT2D eigenvalue weighted by molar-refractivity contribution is 0.140. The Kier molecular flexibility index (Phi) is 3.65. The summed E-state index contributed by atoms with van der Waals surface area (Å²) in [6.45, 7) is 0.634. The summed E-state index contributed by atoms with van der Waals surface area (Å²) < 4.78 is 54.1. The molecule has 0 fully saturated rings. The largest absolute Gasteiger partial charge is 0.452 e. The molecule has 0 spiro atoms. The average molecular weight is 221 g/mol. The first-order valence-corrected chi connectivity index (χ1v) is 3.81. The van der Waals surface area contributed by atoms with Crippen LogP contribution < -0.4 is 0 Å². The number of rotatable bonds is 4. The molecule has 1 rings (SSSR count). The molecule has 1 aromatic carbocycles.